The minimum atomic E-state index is -0.0800. The monoisotopic (exact) mass is 232 g/mol. The van der Waals surface area contributed by atoms with Gasteiger partial charge in [-0.1, -0.05) is 12.2 Å². The molecular weight excluding hydrogens is 208 g/mol. The molecule has 15 heavy (non-hydrogen) atoms. The average Bonchev–Trinajstić information content (AvgIpc) is 2.11. The van der Waals surface area contributed by atoms with Crippen LogP contribution in [-0.4, -0.2) is 41.7 Å². The zero-order valence-electron chi connectivity index (χ0n) is 10.5. The zero-order chi connectivity index (χ0) is 12.1. The first kappa shape index (κ1) is 14.8. The largest absolute Gasteiger partial charge is 0.392 e. The van der Waals surface area contributed by atoms with Crippen molar-refractivity contribution in [3.05, 3.63) is 0 Å². The SMILES string of the molecule is COC(C)(C)CCN(CC(N)=S)C(C)C. The van der Waals surface area contributed by atoms with Gasteiger partial charge < -0.3 is 10.5 Å². The van der Waals surface area contributed by atoms with E-state index >= 15 is 0 Å². The second-order valence-electron chi connectivity index (χ2n) is 4.74. The summed E-state index contributed by atoms with van der Waals surface area (Å²) in [5.41, 5.74) is 5.48. The van der Waals surface area contributed by atoms with E-state index in [1.165, 1.54) is 0 Å². The summed E-state index contributed by atoms with van der Waals surface area (Å²) in [6.07, 6.45) is 0.976. The molecule has 3 nitrogen and oxygen atoms in total. The van der Waals surface area contributed by atoms with Crippen molar-refractivity contribution in [1.29, 1.82) is 0 Å². The Bertz CT molecular complexity index is 205. The number of hydrogen-bond donors (Lipinski definition) is 1. The number of rotatable bonds is 7. The Balaban J connectivity index is 4.13. The first-order valence-electron chi connectivity index (χ1n) is 5.36. The van der Waals surface area contributed by atoms with Gasteiger partial charge in [0.05, 0.1) is 10.6 Å². The summed E-state index contributed by atoms with van der Waals surface area (Å²) >= 11 is 4.93. The van der Waals surface area contributed by atoms with Crippen molar-refractivity contribution < 1.29 is 4.74 Å². The van der Waals surface area contributed by atoms with Crippen LogP contribution < -0.4 is 5.73 Å². The molecule has 0 aliphatic heterocycles. The van der Waals surface area contributed by atoms with Gasteiger partial charge in [0.1, 0.15) is 0 Å². The van der Waals surface area contributed by atoms with Gasteiger partial charge in [0.15, 0.2) is 0 Å². The molecule has 0 rings (SSSR count). The summed E-state index contributed by atoms with van der Waals surface area (Å²) in [6.45, 7) is 10.1. The first-order chi connectivity index (χ1) is 6.78. The molecule has 0 unspecified atom stereocenters. The highest BCUT2D eigenvalue weighted by molar-refractivity contribution is 7.80. The third-order valence-corrected chi connectivity index (χ3v) is 2.77. The van der Waals surface area contributed by atoms with Crippen LogP contribution in [0.3, 0.4) is 0 Å². The van der Waals surface area contributed by atoms with E-state index in [0.717, 1.165) is 13.0 Å². The molecule has 4 heteroatoms. The van der Waals surface area contributed by atoms with E-state index in [0.29, 0.717) is 17.6 Å². The Kier molecular flexibility index (Phi) is 6.32. The summed E-state index contributed by atoms with van der Waals surface area (Å²) in [7, 11) is 1.74. The third kappa shape index (κ3) is 6.82. The maximum atomic E-state index is 5.56. The fourth-order valence-corrected chi connectivity index (χ4v) is 1.40. The van der Waals surface area contributed by atoms with E-state index in [2.05, 4.69) is 32.6 Å². The number of hydrogen-bond acceptors (Lipinski definition) is 3. The lowest BCUT2D eigenvalue weighted by Gasteiger charge is -2.30. The fourth-order valence-electron chi connectivity index (χ4n) is 1.23. The van der Waals surface area contributed by atoms with Crippen molar-refractivity contribution in [2.24, 2.45) is 5.73 Å². The maximum Gasteiger partial charge on any atom is 0.0870 e. The van der Waals surface area contributed by atoms with E-state index in [1.54, 1.807) is 7.11 Å². The van der Waals surface area contributed by atoms with Crippen LogP contribution in [-0.2, 0) is 4.74 Å². The molecular formula is C11H24N2OS. The molecule has 0 saturated carbocycles. The maximum absolute atomic E-state index is 5.56. The highest BCUT2D eigenvalue weighted by atomic mass is 32.1. The van der Waals surface area contributed by atoms with E-state index in [-0.39, 0.29) is 5.60 Å². The molecule has 0 spiro atoms. The Morgan fingerprint density at radius 1 is 1.47 bits per heavy atom. The molecule has 0 fully saturated rings. The predicted molar refractivity (Wildman–Crippen MR) is 69.2 cm³/mol. The van der Waals surface area contributed by atoms with Crippen molar-refractivity contribution in [2.75, 3.05) is 20.2 Å². The Morgan fingerprint density at radius 2 is 2.00 bits per heavy atom. The Labute approximate surface area is 99.0 Å². The lowest BCUT2D eigenvalue weighted by atomic mass is 10.0. The summed E-state index contributed by atoms with van der Waals surface area (Å²) < 4.78 is 5.38. The summed E-state index contributed by atoms with van der Waals surface area (Å²) in [6, 6.07) is 0.458. The lowest BCUT2D eigenvalue weighted by Crippen LogP contribution is -2.41. The van der Waals surface area contributed by atoms with Gasteiger partial charge in [-0.15, -0.1) is 0 Å². The van der Waals surface area contributed by atoms with Crippen molar-refractivity contribution >= 4 is 17.2 Å². The molecule has 0 atom stereocenters. The highest BCUT2D eigenvalue weighted by Crippen LogP contribution is 2.14. The van der Waals surface area contributed by atoms with Crippen LogP contribution in [0.25, 0.3) is 0 Å². The van der Waals surface area contributed by atoms with Crippen LogP contribution in [0.1, 0.15) is 34.1 Å². The van der Waals surface area contributed by atoms with Gasteiger partial charge in [-0.2, -0.15) is 0 Å². The summed E-state index contributed by atoms with van der Waals surface area (Å²) in [4.78, 5) is 2.82. The Morgan fingerprint density at radius 3 is 2.33 bits per heavy atom. The summed E-state index contributed by atoms with van der Waals surface area (Å²) in [5, 5.41) is 0. The van der Waals surface area contributed by atoms with Crippen LogP contribution >= 0.6 is 12.2 Å². The molecule has 0 bridgehead atoms. The van der Waals surface area contributed by atoms with Crippen LogP contribution in [0.4, 0.5) is 0 Å². The zero-order valence-corrected chi connectivity index (χ0v) is 11.4. The molecule has 0 saturated heterocycles. The molecule has 0 radical (unpaired) electrons. The molecule has 0 aliphatic rings. The van der Waals surface area contributed by atoms with E-state index in [9.17, 15) is 0 Å². The number of nitrogens with two attached hydrogens (primary N) is 1. The van der Waals surface area contributed by atoms with Crippen molar-refractivity contribution in [1.82, 2.24) is 4.90 Å². The smallest absolute Gasteiger partial charge is 0.0870 e. The van der Waals surface area contributed by atoms with Crippen LogP contribution in [0.5, 0.6) is 0 Å². The Hall–Kier alpha value is -0.190. The van der Waals surface area contributed by atoms with E-state index in [1.807, 2.05) is 0 Å². The standard InChI is InChI=1S/C11H24N2OS/c1-9(2)13(8-10(12)15)7-6-11(3,4)14-5/h9H,6-8H2,1-5H3,(H2,12,15). The van der Waals surface area contributed by atoms with Gasteiger partial charge in [0, 0.05) is 26.2 Å². The first-order valence-corrected chi connectivity index (χ1v) is 5.77. The second kappa shape index (κ2) is 6.40. The van der Waals surface area contributed by atoms with Gasteiger partial charge in [0.2, 0.25) is 0 Å². The van der Waals surface area contributed by atoms with E-state index < -0.39 is 0 Å². The van der Waals surface area contributed by atoms with Gasteiger partial charge in [-0.25, -0.2) is 0 Å². The van der Waals surface area contributed by atoms with Crippen LogP contribution in [0.15, 0.2) is 0 Å². The van der Waals surface area contributed by atoms with Crippen molar-refractivity contribution in [3.63, 3.8) is 0 Å². The topological polar surface area (TPSA) is 38.5 Å². The van der Waals surface area contributed by atoms with Gasteiger partial charge in [-0.05, 0) is 34.1 Å². The van der Waals surface area contributed by atoms with Gasteiger partial charge in [-0.3, -0.25) is 4.90 Å². The lowest BCUT2D eigenvalue weighted by molar-refractivity contribution is 0.00649. The quantitative estimate of drug-likeness (QED) is 0.679. The number of methoxy groups -OCH3 is 1. The number of ether oxygens (including phenoxy) is 1. The third-order valence-electron chi connectivity index (χ3n) is 2.64. The molecule has 2 N–H and O–H groups in total. The fraction of sp³-hybridized carbons (Fsp3) is 0.909. The van der Waals surface area contributed by atoms with Crippen LogP contribution in [0, 0.1) is 0 Å². The minimum absolute atomic E-state index is 0.0800. The summed E-state index contributed by atoms with van der Waals surface area (Å²) in [5.74, 6) is 0. The van der Waals surface area contributed by atoms with Gasteiger partial charge >= 0.3 is 0 Å². The molecule has 0 aromatic rings. The number of nitrogens with zero attached hydrogens (tertiary/aromatic N) is 1. The van der Waals surface area contributed by atoms with Crippen LogP contribution in [0.2, 0.25) is 0 Å². The van der Waals surface area contributed by atoms with Crippen molar-refractivity contribution in [3.8, 4) is 0 Å². The van der Waals surface area contributed by atoms with Crippen molar-refractivity contribution in [2.45, 2.75) is 45.8 Å². The number of thiocarbonyl (C=S) groups is 1. The second-order valence-corrected chi connectivity index (χ2v) is 5.27. The molecule has 0 aromatic carbocycles. The molecule has 0 amide bonds. The molecule has 0 heterocycles. The highest BCUT2D eigenvalue weighted by Gasteiger charge is 2.19. The van der Waals surface area contributed by atoms with Gasteiger partial charge in [0.25, 0.3) is 0 Å². The van der Waals surface area contributed by atoms with E-state index in [4.69, 9.17) is 22.7 Å². The molecule has 0 aliphatic carbocycles. The average molecular weight is 232 g/mol. The minimum Gasteiger partial charge on any atom is -0.392 e. The molecule has 90 valence electrons. The predicted octanol–water partition coefficient (Wildman–Crippen LogP) is 1.80. The molecule has 0 aromatic heterocycles. The normalized spacial score (nSPS) is 12.5.